The molecule has 3 aromatic rings. The highest BCUT2D eigenvalue weighted by Crippen LogP contribution is 2.48. The van der Waals surface area contributed by atoms with Crippen molar-refractivity contribution in [1.29, 1.82) is 0 Å². The van der Waals surface area contributed by atoms with E-state index in [1.165, 1.54) is 19.2 Å². The quantitative estimate of drug-likeness (QED) is 0.388. The molecule has 0 fully saturated rings. The van der Waals surface area contributed by atoms with Gasteiger partial charge in [0.05, 0.1) is 29.2 Å². The van der Waals surface area contributed by atoms with Gasteiger partial charge in [-0.05, 0) is 12.1 Å². The zero-order valence-corrected chi connectivity index (χ0v) is 13.4. The Morgan fingerprint density at radius 3 is 2.23 bits per heavy atom. The zero-order valence-electron chi connectivity index (χ0n) is 13.4. The van der Waals surface area contributed by atoms with Crippen molar-refractivity contribution in [2.75, 3.05) is 7.11 Å². The third-order valence-corrected chi connectivity index (χ3v) is 4.49. The van der Waals surface area contributed by atoms with Crippen LogP contribution in [-0.4, -0.2) is 39.1 Å². The van der Waals surface area contributed by atoms with Gasteiger partial charge in [0.15, 0.2) is 5.78 Å². The van der Waals surface area contributed by atoms with Crippen LogP contribution in [0.3, 0.4) is 0 Å². The number of carbonyl (C=O) groups is 2. The number of fused-ring (bicyclic) bond motifs is 3. The topological polar surface area (TPSA) is 124 Å². The first-order chi connectivity index (χ1) is 12.4. The molecule has 4 rings (SSSR count). The summed E-state index contributed by atoms with van der Waals surface area (Å²) in [5.74, 6) is -3.44. The molecule has 0 spiro atoms. The predicted octanol–water partition coefficient (Wildman–Crippen LogP) is 2.45. The number of benzene rings is 3. The largest absolute Gasteiger partial charge is 0.508 e. The molecule has 0 aliphatic heterocycles. The van der Waals surface area contributed by atoms with Crippen LogP contribution in [-0.2, 0) is 0 Å². The van der Waals surface area contributed by atoms with E-state index in [0.717, 1.165) is 12.1 Å². The number of ketones is 2. The molecule has 3 aromatic carbocycles. The van der Waals surface area contributed by atoms with Gasteiger partial charge in [-0.25, -0.2) is 0 Å². The van der Waals surface area contributed by atoms with Gasteiger partial charge in [0.1, 0.15) is 28.7 Å². The van der Waals surface area contributed by atoms with Crippen molar-refractivity contribution >= 4 is 22.3 Å². The van der Waals surface area contributed by atoms with Gasteiger partial charge in [-0.15, -0.1) is 0 Å². The number of carbonyl (C=O) groups excluding carboxylic acids is 2. The molecule has 0 amide bonds. The van der Waals surface area contributed by atoms with Crippen LogP contribution < -0.4 is 4.74 Å². The van der Waals surface area contributed by atoms with E-state index < -0.39 is 40.1 Å². The van der Waals surface area contributed by atoms with Crippen LogP contribution in [0.15, 0.2) is 30.3 Å². The first kappa shape index (κ1) is 15.8. The lowest BCUT2D eigenvalue weighted by molar-refractivity contribution is 0.0972. The highest BCUT2D eigenvalue weighted by molar-refractivity contribution is 6.33. The second kappa shape index (κ2) is 5.13. The summed E-state index contributed by atoms with van der Waals surface area (Å²) < 4.78 is 5.18. The van der Waals surface area contributed by atoms with Gasteiger partial charge in [-0.3, -0.25) is 9.59 Å². The van der Waals surface area contributed by atoms with Crippen molar-refractivity contribution in [3.8, 4) is 28.7 Å². The molecule has 7 nitrogen and oxygen atoms in total. The van der Waals surface area contributed by atoms with E-state index >= 15 is 0 Å². The van der Waals surface area contributed by atoms with E-state index in [-0.39, 0.29) is 33.2 Å². The van der Waals surface area contributed by atoms with Crippen molar-refractivity contribution in [3.05, 3.63) is 52.6 Å². The van der Waals surface area contributed by atoms with Crippen LogP contribution >= 0.6 is 0 Å². The van der Waals surface area contributed by atoms with Gasteiger partial charge in [0, 0.05) is 17.0 Å². The number of phenolic OH excluding ortho intramolecular Hbond substituents is 4. The monoisotopic (exact) mass is 352 g/mol. The molecule has 130 valence electrons. The Morgan fingerprint density at radius 1 is 0.846 bits per heavy atom. The number of rotatable bonds is 1. The molecule has 26 heavy (non-hydrogen) atoms. The summed E-state index contributed by atoms with van der Waals surface area (Å²) in [6.45, 7) is 0. The van der Waals surface area contributed by atoms with E-state index in [9.17, 15) is 30.0 Å². The van der Waals surface area contributed by atoms with E-state index in [1.807, 2.05) is 0 Å². The summed E-state index contributed by atoms with van der Waals surface area (Å²) in [7, 11) is 1.36. The Kier molecular flexibility index (Phi) is 3.11. The third-order valence-electron chi connectivity index (χ3n) is 4.49. The number of hydrogen-bond acceptors (Lipinski definition) is 7. The van der Waals surface area contributed by atoms with Gasteiger partial charge in [0.25, 0.3) is 0 Å². The molecule has 4 N–H and O–H groups in total. The summed E-state index contributed by atoms with van der Waals surface area (Å²) in [5.41, 5.74) is -1.40. The SMILES string of the molecule is COc1cccc2c(O)c3c(c(O)c12)C(=O)c1c(O)cc(O)cc1C3=O. The van der Waals surface area contributed by atoms with Crippen LogP contribution in [0.5, 0.6) is 28.7 Å². The molecule has 0 saturated heterocycles. The van der Waals surface area contributed by atoms with Crippen LogP contribution in [0.25, 0.3) is 10.8 Å². The fourth-order valence-corrected chi connectivity index (χ4v) is 3.37. The summed E-state index contributed by atoms with van der Waals surface area (Å²) >= 11 is 0. The molecule has 1 aliphatic carbocycles. The Balaban J connectivity index is 2.19. The molecule has 0 atom stereocenters. The maximum Gasteiger partial charge on any atom is 0.202 e. The van der Waals surface area contributed by atoms with Crippen molar-refractivity contribution in [2.45, 2.75) is 0 Å². The van der Waals surface area contributed by atoms with E-state index in [1.54, 1.807) is 6.07 Å². The fraction of sp³-hybridized carbons (Fsp3) is 0.0526. The molecule has 7 heteroatoms. The number of phenols is 4. The lowest BCUT2D eigenvalue weighted by Gasteiger charge is -2.22. The second-order valence-electron chi connectivity index (χ2n) is 5.88. The summed E-state index contributed by atoms with van der Waals surface area (Å²) in [5, 5.41) is 41.2. The maximum absolute atomic E-state index is 12.9. The number of ether oxygens (including phenoxy) is 1. The summed E-state index contributed by atoms with van der Waals surface area (Å²) in [6, 6.07) is 6.53. The molecule has 0 bridgehead atoms. The van der Waals surface area contributed by atoms with Gasteiger partial charge in [0.2, 0.25) is 5.78 Å². The normalized spacial score (nSPS) is 12.8. The first-order valence-electron chi connectivity index (χ1n) is 7.56. The van der Waals surface area contributed by atoms with E-state index in [4.69, 9.17) is 4.74 Å². The van der Waals surface area contributed by atoms with Gasteiger partial charge >= 0.3 is 0 Å². The standard InChI is InChI=1S/C19H12O7/c1-26-11-4-2-3-8-13(11)19(25)15-14(16(8)22)17(23)9-5-7(20)6-10(21)12(9)18(15)24/h2-6,20-22,25H,1H3. The van der Waals surface area contributed by atoms with Gasteiger partial charge in [-0.1, -0.05) is 12.1 Å². The van der Waals surface area contributed by atoms with Crippen LogP contribution in [0.1, 0.15) is 31.8 Å². The minimum Gasteiger partial charge on any atom is -0.508 e. The first-order valence-corrected chi connectivity index (χ1v) is 7.56. The molecular formula is C19H12O7. The lowest BCUT2D eigenvalue weighted by Crippen LogP contribution is -2.21. The average molecular weight is 352 g/mol. The minimum atomic E-state index is -0.840. The third kappa shape index (κ3) is 1.82. The van der Waals surface area contributed by atoms with E-state index in [2.05, 4.69) is 0 Å². The van der Waals surface area contributed by atoms with Crippen LogP contribution in [0.2, 0.25) is 0 Å². The summed E-state index contributed by atoms with van der Waals surface area (Å²) in [4.78, 5) is 25.7. The van der Waals surface area contributed by atoms with Crippen molar-refractivity contribution < 1.29 is 34.8 Å². The molecule has 0 heterocycles. The summed E-state index contributed by atoms with van der Waals surface area (Å²) in [6.07, 6.45) is 0. The van der Waals surface area contributed by atoms with Crippen molar-refractivity contribution in [1.82, 2.24) is 0 Å². The second-order valence-corrected chi connectivity index (χ2v) is 5.88. The molecule has 0 aromatic heterocycles. The zero-order chi connectivity index (χ0) is 18.7. The average Bonchev–Trinajstić information content (AvgIpc) is 2.61. The molecule has 1 aliphatic rings. The smallest absolute Gasteiger partial charge is 0.202 e. The molecule has 0 saturated carbocycles. The molecule has 0 unspecified atom stereocenters. The van der Waals surface area contributed by atoms with Gasteiger partial charge < -0.3 is 25.2 Å². The Morgan fingerprint density at radius 2 is 1.54 bits per heavy atom. The molecular weight excluding hydrogens is 340 g/mol. The highest BCUT2D eigenvalue weighted by atomic mass is 16.5. The fourth-order valence-electron chi connectivity index (χ4n) is 3.37. The van der Waals surface area contributed by atoms with Crippen LogP contribution in [0.4, 0.5) is 0 Å². The van der Waals surface area contributed by atoms with Crippen molar-refractivity contribution in [2.24, 2.45) is 0 Å². The Hall–Kier alpha value is -3.74. The van der Waals surface area contributed by atoms with Crippen LogP contribution in [0, 0.1) is 0 Å². The maximum atomic E-state index is 12.9. The Bertz CT molecular complexity index is 1140. The molecule has 0 radical (unpaired) electrons. The number of aromatic hydroxyl groups is 4. The lowest BCUT2D eigenvalue weighted by atomic mass is 9.80. The van der Waals surface area contributed by atoms with Gasteiger partial charge in [-0.2, -0.15) is 0 Å². The predicted molar refractivity (Wildman–Crippen MR) is 90.5 cm³/mol. The highest BCUT2D eigenvalue weighted by Gasteiger charge is 2.38. The number of hydrogen-bond donors (Lipinski definition) is 4. The minimum absolute atomic E-state index is 0.0779. The van der Waals surface area contributed by atoms with E-state index in [0.29, 0.717) is 0 Å². The Labute approximate surface area is 146 Å². The number of methoxy groups -OCH3 is 1. The van der Waals surface area contributed by atoms with Crippen molar-refractivity contribution in [3.63, 3.8) is 0 Å².